The quantitative estimate of drug-likeness (QED) is 0.887. The summed E-state index contributed by atoms with van der Waals surface area (Å²) in [6, 6.07) is 3.61. The second-order valence-corrected chi connectivity index (χ2v) is 4.89. The van der Waals surface area contributed by atoms with Crippen LogP contribution in [0.4, 0.5) is 0 Å². The first-order valence-electron chi connectivity index (χ1n) is 5.35. The Morgan fingerprint density at radius 3 is 2.88 bits per heavy atom. The molecule has 0 aliphatic carbocycles. The highest BCUT2D eigenvalue weighted by atomic mass is 32.1. The van der Waals surface area contributed by atoms with Crippen molar-refractivity contribution in [3.63, 3.8) is 0 Å². The van der Waals surface area contributed by atoms with Gasteiger partial charge in [-0.2, -0.15) is 0 Å². The van der Waals surface area contributed by atoms with Gasteiger partial charge in [0.1, 0.15) is 5.82 Å². The summed E-state index contributed by atoms with van der Waals surface area (Å²) in [5.41, 5.74) is 1.74. The molecule has 2 aromatic rings. The number of nitrogens with zero attached hydrogens (tertiary/aromatic N) is 1. The Hall–Kier alpha value is -1.42. The van der Waals surface area contributed by atoms with Gasteiger partial charge in [0.15, 0.2) is 0 Å². The van der Waals surface area contributed by atoms with Gasteiger partial charge in [-0.1, -0.05) is 6.92 Å². The number of aromatic nitrogens is 2. The lowest BCUT2D eigenvalue weighted by Crippen LogP contribution is -2.10. The van der Waals surface area contributed by atoms with Crippen LogP contribution >= 0.6 is 11.3 Å². The Labute approximate surface area is 98.2 Å². The largest absolute Gasteiger partial charge is 0.311 e. The summed E-state index contributed by atoms with van der Waals surface area (Å²) in [4.78, 5) is 19.9. The normalized spacial score (nSPS) is 10.6. The molecule has 3 nitrogen and oxygen atoms in total. The molecule has 0 fully saturated rings. The van der Waals surface area contributed by atoms with Gasteiger partial charge in [0.25, 0.3) is 5.56 Å². The number of hydrogen-bond acceptors (Lipinski definition) is 3. The molecule has 1 N–H and O–H groups in total. The highest BCUT2D eigenvalue weighted by Gasteiger charge is 2.05. The fourth-order valence-corrected chi connectivity index (χ4v) is 2.29. The van der Waals surface area contributed by atoms with E-state index in [1.54, 1.807) is 17.4 Å². The van der Waals surface area contributed by atoms with Crippen molar-refractivity contribution in [2.75, 3.05) is 0 Å². The molecule has 0 bridgehead atoms. The number of thiophene rings is 1. The SMILES string of the molecule is CCCc1nc(-c2csc(C)c2)cc(=O)[nH]1. The maximum absolute atomic E-state index is 11.5. The Kier molecular flexibility index (Phi) is 3.19. The molecule has 0 aromatic carbocycles. The van der Waals surface area contributed by atoms with E-state index in [4.69, 9.17) is 0 Å². The Bertz CT molecular complexity index is 542. The number of H-pyrrole nitrogens is 1. The standard InChI is InChI=1S/C12H14N2OS/c1-3-4-11-13-10(6-12(15)14-11)9-5-8(2)16-7-9/h5-7H,3-4H2,1-2H3,(H,13,14,15). The molecule has 2 heterocycles. The third kappa shape index (κ3) is 2.39. The highest BCUT2D eigenvalue weighted by molar-refractivity contribution is 7.10. The van der Waals surface area contributed by atoms with E-state index in [0.29, 0.717) is 0 Å². The molecule has 2 rings (SSSR count). The molecule has 0 atom stereocenters. The van der Waals surface area contributed by atoms with Crippen LogP contribution in [0, 0.1) is 6.92 Å². The number of nitrogens with one attached hydrogen (secondary N) is 1. The maximum atomic E-state index is 11.5. The monoisotopic (exact) mass is 234 g/mol. The number of aryl methyl sites for hydroxylation is 2. The molecule has 0 unspecified atom stereocenters. The molecule has 4 heteroatoms. The second kappa shape index (κ2) is 4.61. The van der Waals surface area contributed by atoms with E-state index in [-0.39, 0.29) is 5.56 Å². The molecule has 0 aliphatic heterocycles. The van der Waals surface area contributed by atoms with Crippen LogP contribution in [-0.4, -0.2) is 9.97 Å². The second-order valence-electron chi connectivity index (χ2n) is 3.77. The molecular formula is C12H14N2OS. The van der Waals surface area contributed by atoms with Gasteiger partial charge in [-0.15, -0.1) is 11.3 Å². The van der Waals surface area contributed by atoms with E-state index in [1.165, 1.54) is 4.88 Å². The Morgan fingerprint density at radius 1 is 1.44 bits per heavy atom. The minimum atomic E-state index is -0.0719. The number of rotatable bonds is 3. The van der Waals surface area contributed by atoms with Crippen LogP contribution in [0.3, 0.4) is 0 Å². The molecule has 0 saturated carbocycles. The minimum absolute atomic E-state index is 0.0719. The van der Waals surface area contributed by atoms with Gasteiger partial charge >= 0.3 is 0 Å². The average Bonchev–Trinajstić information content (AvgIpc) is 2.64. The third-order valence-electron chi connectivity index (χ3n) is 2.30. The van der Waals surface area contributed by atoms with E-state index in [9.17, 15) is 4.79 Å². The Balaban J connectivity index is 2.44. The van der Waals surface area contributed by atoms with Crippen molar-refractivity contribution >= 4 is 11.3 Å². The summed E-state index contributed by atoms with van der Waals surface area (Å²) in [6.07, 6.45) is 1.79. The van der Waals surface area contributed by atoms with Gasteiger partial charge < -0.3 is 4.98 Å². The molecular weight excluding hydrogens is 220 g/mol. The number of hydrogen-bond donors (Lipinski definition) is 1. The van der Waals surface area contributed by atoms with Crippen LogP contribution < -0.4 is 5.56 Å². The van der Waals surface area contributed by atoms with Crippen molar-refractivity contribution in [3.05, 3.63) is 38.6 Å². The van der Waals surface area contributed by atoms with Gasteiger partial charge in [-0.05, 0) is 19.4 Å². The zero-order valence-corrected chi connectivity index (χ0v) is 10.2. The topological polar surface area (TPSA) is 45.8 Å². The van der Waals surface area contributed by atoms with Crippen LogP contribution in [0.15, 0.2) is 22.3 Å². The zero-order valence-electron chi connectivity index (χ0n) is 9.41. The summed E-state index contributed by atoms with van der Waals surface area (Å²) in [5, 5.41) is 2.03. The lowest BCUT2D eigenvalue weighted by Gasteiger charge is -2.01. The first-order chi connectivity index (χ1) is 7.69. The van der Waals surface area contributed by atoms with Crippen LogP contribution in [-0.2, 0) is 6.42 Å². The van der Waals surface area contributed by atoms with Gasteiger partial charge in [-0.3, -0.25) is 4.79 Å². The first kappa shape index (κ1) is 11.1. The molecule has 0 amide bonds. The maximum Gasteiger partial charge on any atom is 0.251 e. The summed E-state index contributed by atoms with van der Waals surface area (Å²) in [7, 11) is 0. The van der Waals surface area contributed by atoms with E-state index in [2.05, 4.69) is 23.0 Å². The fourth-order valence-electron chi connectivity index (χ4n) is 1.59. The van der Waals surface area contributed by atoms with Crippen LogP contribution in [0.1, 0.15) is 24.0 Å². The van der Waals surface area contributed by atoms with Gasteiger partial charge in [0.2, 0.25) is 0 Å². The molecule has 2 aromatic heterocycles. The van der Waals surface area contributed by atoms with Crippen LogP contribution in [0.25, 0.3) is 11.3 Å². The van der Waals surface area contributed by atoms with Crippen molar-refractivity contribution in [2.24, 2.45) is 0 Å². The average molecular weight is 234 g/mol. The highest BCUT2D eigenvalue weighted by Crippen LogP contribution is 2.22. The fraction of sp³-hybridized carbons (Fsp3) is 0.333. The number of aromatic amines is 1. The van der Waals surface area contributed by atoms with Gasteiger partial charge in [0, 0.05) is 28.3 Å². The molecule has 84 valence electrons. The summed E-state index contributed by atoms with van der Waals surface area (Å²) < 4.78 is 0. The van der Waals surface area contributed by atoms with Crippen LogP contribution in [0.5, 0.6) is 0 Å². The Morgan fingerprint density at radius 2 is 2.25 bits per heavy atom. The lowest BCUT2D eigenvalue weighted by atomic mass is 10.2. The molecule has 0 radical (unpaired) electrons. The van der Waals surface area contributed by atoms with Gasteiger partial charge in [0.05, 0.1) is 5.69 Å². The lowest BCUT2D eigenvalue weighted by molar-refractivity contribution is 0.828. The molecule has 0 aliphatic rings. The summed E-state index contributed by atoms with van der Waals surface area (Å²) >= 11 is 1.67. The van der Waals surface area contributed by atoms with Gasteiger partial charge in [-0.25, -0.2) is 4.98 Å². The minimum Gasteiger partial charge on any atom is -0.311 e. The molecule has 0 saturated heterocycles. The van der Waals surface area contributed by atoms with Crippen LogP contribution in [0.2, 0.25) is 0 Å². The van der Waals surface area contributed by atoms with Crippen molar-refractivity contribution in [1.29, 1.82) is 0 Å². The van der Waals surface area contributed by atoms with E-state index < -0.39 is 0 Å². The summed E-state index contributed by atoms with van der Waals surface area (Å²) in [6.45, 7) is 4.12. The van der Waals surface area contributed by atoms with Crippen molar-refractivity contribution in [3.8, 4) is 11.3 Å². The van der Waals surface area contributed by atoms with Crippen molar-refractivity contribution in [1.82, 2.24) is 9.97 Å². The molecule has 16 heavy (non-hydrogen) atoms. The summed E-state index contributed by atoms with van der Waals surface area (Å²) in [5.74, 6) is 0.772. The third-order valence-corrected chi connectivity index (χ3v) is 3.17. The van der Waals surface area contributed by atoms with Crippen molar-refractivity contribution in [2.45, 2.75) is 26.7 Å². The molecule has 0 spiro atoms. The van der Waals surface area contributed by atoms with Crippen molar-refractivity contribution < 1.29 is 0 Å². The predicted molar refractivity (Wildman–Crippen MR) is 66.9 cm³/mol. The van der Waals surface area contributed by atoms with E-state index in [0.717, 1.165) is 29.9 Å². The van der Waals surface area contributed by atoms with E-state index in [1.807, 2.05) is 12.3 Å². The first-order valence-corrected chi connectivity index (χ1v) is 6.22. The predicted octanol–water partition coefficient (Wildman–Crippen LogP) is 2.76. The zero-order chi connectivity index (χ0) is 11.5. The van der Waals surface area contributed by atoms with E-state index >= 15 is 0 Å². The smallest absolute Gasteiger partial charge is 0.251 e.